The predicted octanol–water partition coefficient (Wildman–Crippen LogP) is 7.62. The molecule has 0 saturated heterocycles. The minimum atomic E-state index is -0.446. The van der Waals surface area contributed by atoms with Crippen molar-refractivity contribution in [3.05, 3.63) is 124 Å². The number of hydrogen-bond acceptors (Lipinski definition) is 4. The first-order chi connectivity index (χ1) is 16.6. The summed E-state index contributed by atoms with van der Waals surface area (Å²) < 4.78 is 31.0. The molecule has 0 fully saturated rings. The van der Waals surface area contributed by atoms with Crippen LogP contribution in [-0.4, -0.2) is 0 Å². The minimum Gasteiger partial charge on any atom is -0.489 e. The van der Waals surface area contributed by atoms with Crippen molar-refractivity contribution in [1.29, 1.82) is 0 Å². The molecule has 4 nitrogen and oxygen atoms in total. The maximum atomic E-state index is 14.0. The highest BCUT2D eigenvalue weighted by molar-refractivity contribution is 6.31. The van der Waals surface area contributed by atoms with Crippen LogP contribution in [0.4, 0.5) is 4.39 Å². The van der Waals surface area contributed by atoms with Crippen LogP contribution in [0.2, 0.25) is 5.02 Å². The van der Waals surface area contributed by atoms with Crippen LogP contribution in [0.3, 0.4) is 0 Å². The molecule has 1 heterocycles. The Balaban J connectivity index is 1.34. The molecule has 0 bridgehead atoms. The van der Waals surface area contributed by atoms with Crippen molar-refractivity contribution in [1.82, 2.24) is 0 Å². The van der Waals surface area contributed by atoms with Gasteiger partial charge < -0.3 is 13.9 Å². The number of hydrogen-bond donors (Lipinski definition) is 0. The van der Waals surface area contributed by atoms with Crippen molar-refractivity contribution >= 4 is 22.6 Å². The van der Waals surface area contributed by atoms with Gasteiger partial charge in [-0.3, -0.25) is 4.79 Å². The summed E-state index contributed by atoms with van der Waals surface area (Å²) in [6, 6.07) is 26.7. The van der Waals surface area contributed by atoms with Crippen molar-refractivity contribution in [3.8, 4) is 28.4 Å². The van der Waals surface area contributed by atoms with Gasteiger partial charge in [-0.25, -0.2) is 4.39 Å². The zero-order valence-corrected chi connectivity index (χ0v) is 18.6. The summed E-state index contributed by atoms with van der Waals surface area (Å²) in [6.07, 6.45) is 1.27. The minimum absolute atomic E-state index is 0.0541. The SMILES string of the molecule is O=c1c(Oc2ccc(-c3ccccc3)cc2)coc2cc(OCc3c(F)cccc3Cl)ccc12. The van der Waals surface area contributed by atoms with Crippen molar-refractivity contribution in [2.45, 2.75) is 6.61 Å². The molecule has 1 aromatic heterocycles. The lowest BCUT2D eigenvalue weighted by Crippen LogP contribution is -2.05. The second kappa shape index (κ2) is 9.41. The molecule has 0 aliphatic rings. The molecule has 0 aliphatic heterocycles. The Kier molecular flexibility index (Phi) is 6.02. The fraction of sp³-hybridized carbons (Fsp3) is 0.0357. The van der Waals surface area contributed by atoms with Crippen LogP contribution in [0, 0.1) is 5.82 Å². The highest BCUT2D eigenvalue weighted by Crippen LogP contribution is 2.27. The van der Waals surface area contributed by atoms with E-state index in [1.807, 2.05) is 42.5 Å². The Morgan fingerprint density at radius 2 is 1.56 bits per heavy atom. The molecular formula is C28H18ClFO4. The average Bonchev–Trinajstić information content (AvgIpc) is 2.86. The molecule has 0 unspecified atom stereocenters. The van der Waals surface area contributed by atoms with Gasteiger partial charge in [-0.2, -0.15) is 0 Å². The van der Waals surface area contributed by atoms with Crippen LogP contribution in [-0.2, 0) is 6.61 Å². The van der Waals surface area contributed by atoms with Crippen molar-refractivity contribution in [3.63, 3.8) is 0 Å². The lowest BCUT2D eigenvalue weighted by molar-refractivity contribution is 0.300. The molecule has 0 radical (unpaired) electrons. The summed E-state index contributed by atoms with van der Waals surface area (Å²) in [5.74, 6) is 0.568. The molecule has 4 aromatic carbocycles. The van der Waals surface area contributed by atoms with E-state index >= 15 is 0 Å². The second-order valence-corrected chi connectivity index (χ2v) is 7.98. The van der Waals surface area contributed by atoms with Gasteiger partial charge in [-0.15, -0.1) is 0 Å². The molecule has 168 valence electrons. The molecular weight excluding hydrogens is 455 g/mol. The van der Waals surface area contributed by atoms with E-state index in [4.69, 9.17) is 25.5 Å². The topological polar surface area (TPSA) is 48.7 Å². The van der Waals surface area contributed by atoms with E-state index in [9.17, 15) is 9.18 Å². The molecule has 6 heteroatoms. The molecule has 5 aromatic rings. The third-order valence-corrected chi connectivity index (χ3v) is 5.70. The highest BCUT2D eigenvalue weighted by atomic mass is 35.5. The first-order valence-electron chi connectivity index (χ1n) is 10.5. The fourth-order valence-electron chi connectivity index (χ4n) is 3.55. The zero-order valence-electron chi connectivity index (χ0n) is 17.8. The predicted molar refractivity (Wildman–Crippen MR) is 130 cm³/mol. The van der Waals surface area contributed by atoms with Gasteiger partial charge in [-0.1, -0.05) is 60.1 Å². The lowest BCUT2D eigenvalue weighted by Gasteiger charge is -2.10. The molecule has 0 spiro atoms. The van der Waals surface area contributed by atoms with Crippen molar-refractivity contribution in [2.24, 2.45) is 0 Å². The van der Waals surface area contributed by atoms with Gasteiger partial charge in [0.25, 0.3) is 0 Å². The van der Waals surface area contributed by atoms with Gasteiger partial charge >= 0.3 is 0 Å². The second-order valence-electron chi connectivity index (χ2n) is 7.57. The summed E-state index contributed by atoms with van der Waals surface area (Å²) >= 11 is 6.04. The summed E-state index contributed by atoms with van der Waals surface area (Å²) in [5.41, 5.74) is 2.41. The highest BCUT2D eigenvalue weighted by Gasteiger charge is 2.12. The third-order valence-electron chi connectivity index (χ3n) is 5.35. The number of benzene rings is 4. The van der Waals surface area contributed by atoms with Gasteiger partial charge in [-0.05, 0) is 47.5 Å². The lowest BCUT2D eigenvalue weighted by atomic mass is 10.1. The summed E-state index contributed by atoms with van der Waals surface area (Å²) in [7, 11) is 0. The van der Waals surface area contributed by atoms with Crippen LogP contribution in [0.25, 0.3) is 22.1 Å². The maximum Gasteiger partial charge on any atom is 0.235 e. The Hall–Kier alpha value is -4.09. The van der Waals surface area contributed by atoms with Crippen LogP contribution < -0.4 is 14.9 Å². The standard InChI is InChI=1S/C28H18ClFO4/c29-24-7-4-8-25(30)23(24)16-32-21-13-14-22-26(15-21)33-17-27(28(22)31)34-20-11-9-19(10-12-20)18-5-2-1-3-6-18/h1-15,17H,16H2. The molecule has 34 heavy (non-hydrogen) atoms. The molecule has 0 N–H and O–H groups in total. The van der Waals surface area contributed by atoms with E-state index in [1.165, 1.54) is 18.4 Å². The van der Waals surface area contributed by atoms with Crippen molar-refractivity contribution in [2.75, 3.05) is 0 Å². The van der Waals surface area contributed by atoms with Gasteiger partial charge in [0.15, 0.2) is 0 Å². The van der Waals surface area contributed by atoms with Crippen LogP contribution in [0.15, 0.2) is 106 Å². The smallest absolute Gasteiger partial charge is 0.235 e. The number of ether oxygens (including phenoxy) is 2. The van der Waals surface area contributed by atoms with E-state index < -0.39 is 5.82 Å². The Morgan fingerprint density at radius 1 is 0.824 bits per heavy atom. The summed E-state index contributed by atoms with van der Waals surface area (Å²) in [6.45, 7) is -0.0541. The molecule has 0 saturated carbocycles. The molecule has 0 atom stereocenters. The zero-order chi connectivity index (χ0) is 23.5. The Morgan fingerprint density at radius 3 is 2.32 bits per heavy atom. The van der Waals surface area contributed by atoms with Gasteiger partial charge in [0.1, 0.15) is 35.8 Å². The van der Waals surface area contributed by atoms with Crippen molar-refractivity contribution < 1.29 is 18.3 Å². The van der Waals surface area contributed by atoms with Crippen LogP contribution >= 0.6 is 11.6 Å². The normalized spacial score (nSPS) is 10.9. The quantitative estimate of drug-likeness (QED) is 0.255. The summed E-state index contributed by atoms with van der Waals surface area (Å²) in [4.78, 5) is 12.9. The van der Waals surface area contributed by atoms with Gasteiger partial charge in [0.2, 0.25) is 11.2 Å². The Labute approximate surface area is 199 Å². The molecule has 0 aliphatic carbocycles. The average molecular weight is 473 g/mol. The van der Waals surface area contributed by atoms with E-state index in [0.29, 0.717) is 22.5 Å². The van der Waals surface area contributed by atoms with E-state index in [-0.39, 0.29) is 28.4 Å². The number of rotatable bonds is 6. The maximum absolute atomic E-state index is 14.0. The molecule has 0 amide bonds. The largest absolute Gasteiger partial charge is 0.489 e. The van der Waals surface area contributed by atoms with Crippen LogP contribution in [0.1, 0.15) is 5.56 Å². The first kappa shape index (κ1) is 21.7. The molecule has 5 rings (SSSR count). The van der Waals surface area contributed by atoms with Gasteiger partial charge in [0, 0.05) is 11.6 Å². The fourth-order valence-corrected chi connectivity index (χ4v) is 3.77. The Bertz CT molecular complexity index is 1490. The first-order valence-corrected chi connectivity index (χ1v) is 10.9. The van der Waals surface area contributed by atoms with Crippen LogP contribution in [0.5, 0.6) is 17.2 Å². The summed E-state index contributed by atoms with van der Waals surface area (Å²) in [5, 5.41) is 0.626. The van der Waals surface area contributed by atoms with E-state index in [0.717, 1.165) is 11.1 Å². The monoisotopic (exact) mass is 472 g/mol. The van der Waals surface area contributed by atoms with Gasteiger partial charge in [0.05, 0.1) is 10.4 Å². The number of halogens is 2. The van der Waals surface area contributed by atoms with E-state index in [2.05, 4.69) is 0 Å². The third kappa shape index (κ3) is 4.51. The number of fused-ring (bicyclic) bond motifs is 1. The van der Waals surface area contributed by atoms with E-state index in [1.54, 1.807) is 36.4 Å².